The molecule has 12 nitrogen and oxygen atoms in total. The number of rotatable bonds is 7. The summed E-state index contributed by atoms with van der Waals surface area (Å²) in [7, 11) is 3.67. The van der Waals surface area contributed by atoms with Crippen LogP contribution < -0.4 is 14.4 Å². The van der Waals surface area contributed by atoms with Gasteiger partial charge in [0.25, 0.3) is 0 Å². The summed E-state index contributed by atoms with van der Waals surface area (Å²) in [5, 5.41) is 31.5. The summed E-state index contributed by atoms with van der Waals surface area (Å²) < 4.78 is 74.9. The van der Waals surface area contributed by atoms with E-state index in [-0.39, 0.29) is 12.5 Å². The van der Waals surface area contributed by atoms with E-state index in [9.17, 15) is 31.4 Å². The van der Waals surface area contributed by atoms with Crippen LogP contribution in [0.3, 0.4) is 0 Å². The lowest BCUT2D eigenvalue weighted by Gasteiger charge is -2.26. The van der Waals surface area contributed by atoms with Crippen LogP contribution in [0.15, 0.2) is 48.8 Å². The molecule has 1 unspecified atom stereocenters. The zero-order valence-electron chi connectivity index (χ0n) is 24.8. The first-order valence-electron chi connectivity index (χ1n) is 13.6. The Morgan fingerprint density at radius 3 is 2.23 bits per heavy atom. The largest absolute Gasteiger partial charge is 0.497 e. The highest BCUT2D eigenvalue weighted by Crippen LogP contribution is 2.36. The molecule has 3 heterocycles. The number of aromatic nitrogens is 4. The maximum absolute atomic E-state index is 10.6. The second kappa shape index (κ2) is 15.4. The third-order valence-corrected chi connectivity index (χ3v) is 6.56. The van der Waals surface area contributed by atoms with Crippen molar-refractivity contribution in [2.24, 2.45) is 0 Å². The van der Waals surface area contributed by atoms with Crippen molar-refractivity contribution in [2.75, 3.05) is 38.8 Å². The van der Waals surface area contributed by atoms with Crippen molar-refractivity contribution in [1.29, 1.82) is 0 Å². The van der Waals surface area contributed by atoms with E-state index in [1.165, 1.54) is 0 Å². The Kier molecular flexibility index (Phi) is 11.9. The molecule has 2 aromatic carbocycles. The predicted octanol–water partition coefficient (Wildman–Crippen LogP) is 4.83. The first-order chi connectivity index (χ1) is 22.0. The Bertz CT molecular complexity index is 1640. The molecule has 0 radical (unpaired) electrons. The number of aromatic amines is 1. The van der Waals surface area contributed by atoms with Gasteiger partial charge >= 0.3 is 24.3 Å². The van der Waals surface area contributed by atoms with Gasteiger partial charge in [0, 0.05) is 37.3 Å². The predicted molar refractivity (Wildman–Crippen MR) is 154 cm³/mol. The maximum Gasteiger partial charge on any atom is 0.490 e. The second-order valence-corrected chi connectivity index (χ2v) is 9.91. The van der Waals surface area contributed by atoms with Crippen molar-refractivity contribution in [3.8, 4) is 22.6 Å². The highest BCUT2D eigenvalue weighted by atomic mass is 19.4. The number of halogens is 6. The molecule has 0 bridgehead atoms. The summed E-state index contributed by atoms with van der Waals surface area (Å²) in [6.07, 6.45) is -5.04. The number of aliphatic hydroxyl groups is 1. The molecule has 4 aromatic rings. The molecule has 0 amide bonds. The van der Waals surface area contributed by atoms with Crippen LogP contribution in [0.25, 0.3) is 22.0 Å². The number of alkyl halides is 6. The SMILES string of the molecule is COc1ccc2c(c1)CC(c1nc(N(C)CCCO)c3ccc(-c4cn[nH]c4)cc3n1)CO2.O=C(O)C(F)(F)F.O=C(O)C(F)(F)F. The highest BCUT2D eigenvalue weighted by molar-refractivity contribution is 5.92. The number of carbonyl (C=O) groups is 2. The van der Waals surface area contributed by atoms with Gasteiger partial charge in [-0.2, -0.15) is 31.4 Å². The van der Waals surface area contributed by atoms with E-state index in [2.05, 4.69) is 33.3 Å². The Morgan fingerprint density at radius 1 is 1.02 bits per heavy atom. The fourth-order valence-corrected chi connectivity index (χ4v) is 4.27. The van der Waals surface area contributed by atoms with Crippen LogP contribution in [0.4, 0.5) is 32.2 Å². The number of anilines is 1. The minimum Gasteiger partial charge on any atom is -0.497 e. The Balaban J connectivity index is 0.000000360. The van der Waals surface area contributed by atoms with Crippen molar-refractivity contribution in [1.82, 2.24) is 20.2 Å². The van der Waals surface area contributed by atoms with Gasteiger partial charge in [-0.25, -0.2) is 19.6 Å². The molecular weight excluding hydrogens is 644 g/mol. The van der Waals surface area contributed by atoms with Crippen molar-refractivity contribution in [3.05, 3.63) is 60.2 Å². The van der Waals surface area contributed by atoms with Gasteiger partial charge in [0.15, 0.2) is 0 Å². The Hall–Kier alpha value is -5.13. The second-order valence-electron chi connectivity index (χ2n) is 9.91. The number of nitrogens with zero attached hydrogens (tertiary/aromatic N) is 4. The summed E-state index contributed by atoms with van der Waals surface area (Å²) in [4.78, 5) is 29.8. The lowest BCUT2D eigenvalue weighted by Crippen LogP contribution is -2.25. The molecule has 5 rings (SSSR count). The van der Waals surface area contributed by atoms with Gasteiger partial charge in [0.2, 0.25) is 0 Å². The van der Waals surface area contributed by atoms with E-state index in [1.54, 1.807) is 13.3 Å². The summed E-state index contributed by atoms with van der Waals surface area (Å²) in [5.74, 6) is -2.18. The summed E-state index contributed by atoms with van der Waals surface area (Å²) in [6, 6.07) is 12.1. The van der Waals surface area contributed by atoms with Crippen LogP contribution in [0.2, 0.25) is 0 Å². The number of fused-ring (bicyclic) bond motifs is 2. The molecule has 2 aromatic heterocycles. The van der Waals surface area contributed by atoms with Crippen molar-refractivity contribution < 1.29 is 60.7 Å². The minimum absolute atomic E-state index is 0.0246. The van der Waals surface area contributed by atoms with Crippen LogP contribution in [-0.4, -0.2) is 93.7 Å². The van der Waals surface area contributed by atoms with Gasteiger partial charge in [-0.3, -0.25) is 5.10 Å². The van der Waals surface area contributed by atoms with E-state index >= 15 is 0 Å². The van der Waals surface area contributed by atoms with Crippen LogP contribution >= 0.6 is 0 Å². The number of H-pyrrole nitrogens is 1. The zero-order chi connectivity index (χ0) is 34.9. The fourth-order valence-electron chi connectivity index (χ4n) is 4.27. The van der Waals surface area contributed by atoms with Crippen LogP contribution in [0.5, 0.6) is 11.5 Å². The summed E-state index contributed by atoms with van der Waals surface area (Å²) in [6.45, 7) is 1.36. The van der Waals surface area contributed by atoms with Crippen molar-refractivity contribution in [3.63, 3.8) is 0 Å². The van der Waals surface area contributed by atoms with Crippen molar-refractivity contribution >= 4 is 28.7 Å². The van der Waals surface area contributed by atoms with E-state index in [0.717, 1.165) is 57.2 Å². The number of carboxylic acid groups (broad SMARTS) is 2. The van der Waals surface area contributed by atoms with E-state index in [4.69, 9.17) is 39.2 Å². The van der Waals surface area contributed by atoms with Crippen molar-refractivity contribution in [2.45, 2.75) is 31.1 Å². The maximum atomic E-state index is 10.6. The molecule has 47 heavy (non-hydrogen) atoms. The van der Waals surface area contributed by atoms with Crippen LogP contribution in [-0.2, 0) is 16.0 Å². The number of aliphatic hydroxyl groups excluding tert-OH is 1. The molecule has 254 valence electrons. The molecule has 1 aliphatic rings. The molecular formula is C29H29F6N5O7. The molecule has 1 aliphatic heterocycles. The zero-order valence-corrected chi connectivity index (χ0v) is 24.8. The smallest absolute Gasteiger partial charge is 0.490 e. The number of nitrogens with one attached hydrogen (secondary N) is 1. The topological polar surface area (TPSA) is 171 Å². The number of methoxy groups -OCH3 is 1. The summed E-state index contributed by atoms with van der Waals surface area (Å²) in [5.41, 5.74) is 4.02. The van der Waals surface area contributed by atoms with Gasteiger partial charge < -0.3 is 29.7 Å². The van der Waals surface area contributed by atoms with Gasteiger partial charge in [-0.05, 0) is 54.3 Å². The standard InChI is InChI=1S/C25H27N5O3.2C2HF3O2/c1-30(8-3-9-31)25-21-6-4-16(19-13-26-27-14-19)12-22(21)28-24(29-25)18-10-17-11-20(32-2)5-7-23(17)33-15-18;2*3-2(4,5)1(6)7/h4-7,11-14,18,31H,3,8-10,15H2,1-2H3,(H,26,27);2*(H,6,7). The Morgan fingerprint density at radius 2 is 1.68 bits per heavy atom. The van der Waals surface area contributed by atoms with Gasteiger partial charge in [0.05, 0.1) is 31.3 Å². The third kappa shape index (κ3) is 9.93. The Labute approximate surface area is 262 Å². The molecule has 4 N–H and O–H groups in total. The number of hydrogen-bond acceptors (Lipinski definition) is 9. The number of ether oxygens (including phenoxy) is 2. The third-order valence-electron chi connectivity index (χ3n) is 6.56. The van der Waals surface area contributed by atoms with E-state index in [0.29, 0.717) is 19.6 Å². The number of benzene rings is 2. The first-order valence-corrected chi connectivity index (χ1v) is 13.6. The summed E-state index contributed by atoms with van der Waals surface area (Å²) >= 11 is 0. The monoisotopic (exact) mass is 673 g/mol. The van der Waals surface area contributed by atoms with Crippen LogP contribution in [0, 0.1) is 0 Å². The quantitative estimate of drug-likeness (QED) is 0.198. The van der Waals surface area contributed by atoms with Crippen LogP contribution in [0.1, 0.15) is 23.7 Å². The normalized spacial score (nSPS) is 14.0. The number of carboxylic acids is 2. The number of aliphatic carboxylic acids is 2. The molecule has 18 heteroatoms. The van der Waals surface area contributed by atoms with E-state index < -0.39 is 24.3 Å². The van der Waals surface area contributed by atoms with E-state index in [1.807, 2.05) is 31.4 Å². The lowest BCUT2D eigenvalue weighted by atomic mass is 9.95. The molecule has 0 fully saturated rings. The van der Waals surface area contributed by atoms with Gasteiger partial charge in [0.1, 0.15) is 23.1 Å². The molecule has 0 aliphatic carbocycles. The molecule has 0 spiro atoms. The molecule has 0 saturated carbocycles. The average molecular weight is 674 g/mol. The lowest BCUT2D eigenvalue weighted by molar-refractivity contribution is -0.193. The average Bonchev–Trinajstić information content (AvgIpc) is 3.57. The first kappa shape index (κ1) is 36.3. The van der Waals surface area contributed by atoms with Gasteiger partial charge in [-0.1, -0.05) is 6.07 Å². The fraction of sp³-hybridized carbons (Fsp3) is 0.345. The molecule has 1 atom stereocenters. The highest BCUT2D eigenvalue weighted by Gasteiger charge is 2.39. The number of hydrogen-bond donors (Lipinski definition) is 4. The van der Waals surface area contributed by atoms with Gasteiger partial charge in [-0.15, -0.1) is 0 Å². The minimum atomic E-state index is -5.08. The molecule has 0 saturated heterocycles.